The average molecular weight is 273 g/mol. The van der Waals surface area contributed by atoms with Gasteiger partial charge in [0.1, 0.15) is 12.1 Å². The lowest BCUT2D eigenvalue weighted by Crippen LogP contribution is -2.52. The first kappa shape index (κ1) is 15.2. The number of carbonyl (C=O) groups excluding carboxylic acids is 2. The highest BCUT2D eigenvalue weighted by molar-refractivity contribution is 5.88. The summed E-state index contributed by atoms with van der Waals surface area (Å²) in [4.78, 5) is 35.6. The molecular weight excluding hydrogens is 254 g/mol. The summed E-state index contributed by atoms with van der Waals surface area (Å²) < 4.78 is 5.08. The Morgan fingerprint density at radius 3 is 2.53 bits per heavy atom. The number of nitrogens with one attached hydrogen (secondary N) is 2. The number of aliphatic carboxylic acids is 1. The number of rotatable bonds is 4. The van der Waals surface area contributed by atoms with Gasteiger partial charge in [0.15, 0.2) is 0 Å². The SMILES string of the molecule is CNC(=O)C(C)NC(=O)N1CC(OC)CC1C(=O)O. The minimum atomic E-state index is -1.08. The van der Waals surface area contributed by atoms with Crippen molar-refractivity contribution in [2.75, 3.05) is 20.7 Å². The Balaban J connectivity index is 2.69. The van der Waals surface area contributed by atoms with Crippen LogP contribution in [-0.2, 0) is 14.3 Å². The molecule has 3 unspecified atom stereocenters. The predicted octanol–water partition coefficient (Wildman–Crippen LogP) is -0.996. The molecule has 0 aromatic heterocycles. The van der Waals surface area contributed by atoms with E-state index in [1.54, 1.807) is 0 Å². The van der Waals surface area contributed by atoms with Crippen LogP contribution >= 0.6 is 0 Å². The second kappa shape index (κ2) is 6.37. The number of methoxy groups -OCH3 is 1. The molecule has 3 atom stereocenters. The highest BCUT2D eigenvalue weighted by atomic mass is 16.5. The summed E-state index contributed by atoms with van der Waals surface area (Å²) in [5.41, 5.74) is 0. The molecule has 108 valence electrons. The van der Waals surface area contributed by atoms with Crippen molar-refractivity contribution in [1.82, 2.24) is 15.5 Å². The molecule has 1 fully saturated rings. The van der Waals surface area contributed by atoms with E-state index < -0.39 is 24.1 Å². The highest BCUT2D eigenvalue weighted by Crippen LogP contribution is 2.20. The first-order chi connectivity index (χ1) is 8.90. The van der Waals surface area contributed by atoms with Crippen LogP contribution in [-0.4, -0.2) is 66.8 Å². The molecule has 0 spiro atoms. The number of urea groups is 1. The zero-order chi connectivity index (χ0) is 14.6. The van der Waals surface area contributed by atoms with Crippen LogP contribution in [0.2, 0.25) is 0 Å². The highest BCUT2D eigenvalue weighted by Gasteiger charge is 2.40. The lowest BCUT2D eigenvalue weighted by molar-refractivity contribution is -0.141. The summed E-state index contributed by atoms with van der Waals surface area (Å²) >= 11 is 0. The first-order valence-electron chi connectivity index (χ1n) is 5.95. The van der Waals surface area contributed by atoms with E-state index in [0.717, 1.165) is 0 Å². The largest absolute Gasteiger partial charge is 0.480 e. The average Bonchev–Trinajstić information content (AvgIpc) is 2.81. The molecule has 19 heavy (non-hydrogen) atoms. The minimum absolute atomic E-state index is 0.194. The monoisotopic (exact) mass is 273 g/mol. The van der Waals surface area contributed by atoms with Crippen molar-refractivity contribution in [1.29, 1.82) is 0 Å². The predicted molar refractivity (Wildman–Crippen MR) is 65.6 cm³/mol. The maximum absolute atomic E-state index is 12.0. The Morgan fingerprint density at radius 1 is 1.42 bits per heavy atom. The summed E-state index contributed by atoms with van der Waals surface area (Å²) in [6.07, 6.45) is -0.0599. The van der Waals surface area contributed by atoms with Crippen molar-refractivity contribution in [2.24, 2.45) is 0 Å². The summed E-state index contributed by atoms with van der Waals surface area (Å²) in [6.45, 7) is 1.72. The molecular formula is C11H19N3O5. The molecule has 1 aliphatic rings. The number of carboxylic acids is 1. The number of hydrogen-bond donors (Lipinski definition) is 3. The number of amides is 3. The van der Waals surface area contributed by atoms with Gasteiger partial charge in [0, 0.05) is 27.1 Å². The van der Waals surface area contributed by atoms with Crippen LogP contribution in [0.4, 0.5) is 4.79 Å². The van der Waals surface area contributed by atoms with Crippen molar-refractivity contribution < 1.29 is 24.2 Å². The normalized spacial score (nSPS) is 23.8. The van der Waals surface area contributed by atoms with Crippen LogP contribution in [0.15, 0.2) is 0 Å². The van der Waals surface area contributed by atoms with Gasteiger partial charge in [-0.25, -0.2) is 9.59 Å². The Labute approximate surface area is 111 Å². The van der Waals surface area contributed by atoms with E-state index in [-0.39, 0.29) is 25.0 Å². The zero-order valence-electron chi connectivity index (χ0n) is 11.2. The second-order valence-corrected chi connectivity index (χ2v) is 4.39. The van der Waals surface area contributed by atoms with Gasteiger partial charge < -0.3 is 25.4 Å². The third-order valence-electron chi connectivity index (χ3n) is 3.12. The zero-order valence-corrected chi connectivity index (χ0v) is 11.2. The molecule has 0 aromatic rings. The lowest BCUT2D eigenvalue weighted by atomic mass is 10.2. The number of likely N-dealkylation sites (tertiary alicyclic amines) is 1. The van der Waals surface area contributed by atoms with E-state index in [1.807, 2.05) is 0 Å². The van der Waals surface area contributed by atoms with Crippen LogP contribution in [0, 0.1) is 0 Å². The van der Waals surface area contributed by atoms with E-state index in [4.69, 9.17) is 9.84 Å². The standard InChI is InChI=1S/C11H19N3O5/c1-6(9(15)12-2)13-11(18)14-5-7(19-3)4-8(14)10(16)17/h6-8H,4-5H2,1-3H3,(H,12,15)(H,13,18)(H,16,17). The molecule has 1 aliphatic heterocycles. The van der Waals surface area contributed by atoms with Crippen LogP contribution < -0.4 is 10.6 Å². The Hall–Kier alpha value is -1.83. The lowest BCUT2D eigenvalue weighted by Gasteiger charge is -2.23. The molecule has 0 saturated carbocycles. The fourth-order valence-electron chi connectivity index (χ4n) is 1.98. The van der Waals surface area contributed by atoms with Crippen molar-refractivity contribution in [3.05, 3.63) is 0 Å². The minimum Gasteiger partial charge on any atom is -0.480 e. The smallest absolute Gasteiger partial charge is 0.326 e. The number of nitrogens with zero attached hydrogens (tertiary/aromatic N) is 1. The fraction of sp³-hybridized carbons (Fsp3) is 0.727. The van der Waals surface area contributed by atoms with Gasteiger partial charge in [-0.15, -0.1) is 0 Å². The van der Waals surface area contributed by atoms with Crippen LogP contribution in [0.1, 0.15) is 13.3 Å². The maximum Gasteiger partial charge on any atom is 0.326 e. The molecule has 0 aromatic carbocycles. The van der Waals surface area contributed by atoms with Crippen LogP contribution in [0.25, 0.3) is 0 Å². The molecule has 1 rings (SSSR count). The number of carbonyl (C=O) groups is 3. The van der Waals surface area contributed by atoms with E-state index in [9.17, 15) is 14.4 Å². The summed E-state index contributed by atoms with van der Waals surface area (Å²) in [5, 5.41) is 13.9. The van der Waals surface area contributed by atoms with E-state index in [1.165, 1.54) is 26.0 Å². The van der Waals surface area contributed by atoms with Gasteiger partial charge in [-0.2, -0.15) is 0 Å². The second-order valence-electron chi connectivity index (χ2n) is 4.39. The Bertz CT molecular complexity index is 373. The Morgan fingerprint density at radius 2 is 2.05 bits per heavy atom. The molecule has 1 heterocycles. The topological polar surface area (TPSA) is 108 Å². The van der Waals surface area contributed by atoms with Gasteiger partial charge in [-0.3, -0.25) is 4.79 Å². The number of carboxylic acid groups (broad SMARTS) is 1. The number of likely N-dealkylation sites (N-methyl/N-ethyl adjacent to an activating group) is 1. The van der Waals surface area contributed by atoms with Crippen molar-refractivity contribution in [3.63, 3.8) is 0 Å². The number of hydrogen-bond acceptors (Lipinski definition) is 4. The van der Waals surface area contributed by atoms with Gasteiger partial charge in [0.2, 0.25) is 5.91 Å². The summed E-state index contributed by atoms with van der Waals surface area (Å²) in [5.74, 6) is -1.43. The van der Waals surface area contributed by atoms with E-state index >= 15 is 0 Å². The van der Waals surface area contributed by atoms with Gasteiger partial charge in [-0.1, -0.05) is 0 Å². The molecule has 0 bridgehead atoms. The van der Waals surface area contributed by atoms with Gasteiger partial charge in [0.05, 0.1) is 6.10 Å². The van der Waals surface area contributed by atoms with Crippen molar-refractivity contribution >= 4 is 17.9 Å². The molecule has 0 aliphatic carbocycles. The number of ether oxygens (including phenoxy) is 1. The van der Waals surface area contributed by atoms with Crippen molar-refractivity contribution in [2.45, 2.75) is 31.5 Å². The van der Waals surface area contributed by atoms with E-state index in [0.29, 0.717) is 0 Å². The molecule has 0 radical (unpaired) electrons. The molecule has 1 saturated heterocycles. The van der Waals surface area contributed by atoms with Crippen LogP contribution in [0.5, 0.6) is 0 Å². The maximum atomic E-state index is 12.0. The van der Waals surface area contributed by atoms with Crippen LogP contribution in [0.3, 0.4) is 0 Å². The molecule has 3 N–H and O–H groups in total. The third kappa shape index (κ3) is 3.57. The first-order valence-corrected chi connectivity index (χ1v) is 5.95. The quantitative estimate of drug-likeness (QED) is 0.609. The molecule has 8 nitrogen and oxygen atoms in total. The summed E-state index contributed by atoms with van der Waals surface area (Å²) in [7, 11) is 2.93. The molecule has 3 amide bonds. The van der Waals surface area contributed by atoms with E-state index in [2.05, 4.69) is 10.6 Å². The molecule has 8 heteroatoms. The van der Waals surface area contributed by atoms with Gasteiger partial charge in [0.25, 0.3) is 0 Å². The van der Waals surface area contributed by atoms with Gasteiger partial charge in [-0.05, 0) is 6.92 Å². The van der Waals surface area contributed by atoms with Crippen molar-refractivity contribution in [3.8, 4) is 0 Å². The van der Waals surface area contributed by atoms with Gasteiger partial charge >= 0.3 is 12.0 Å². The fourth-order valence-corrected chi connectivity index (χ4v) is 1.98. The Kier molecular flexibility index (Phi) is 5.11. The summed E-state index contributed by atoms with van der Waals surface area (Å²) in [6, 6.07) is -2.24. The third-order valence-corrected chi connectivity index (χ3v) is 3.12.